The summed E-state index contributed by atoms with van der Waals surface area (Å²) in [7, 11) is 0. The largest absolute Gasteiger partial charge is 0.508 e. The highest BCUT2D eigenvalue weighted by molar-refractivity contribution is 5.41. The molecule has 1 fully saturated rings. The van der Waals surface area contributed by atoms with Crippen LogP contribution in [0.2, 0.25) is 0 Å². The zero-order valence-corrected chi connectivity index (χ0v) is 13.0. The molecule has 1 aliphatic heterocycles. The van der Waals surface area contributed by atoms with Crippen LogP contribution >= 0.6 is 0 Å². The molecule has 2 aliphatic rings. The van der Waals surface area contributed by atoms with Crippen LogP contribution in [0, 0.1) is 10.1 Å². The zero-order chi connectivity index (χ0) is 16.9. The van der Waals surface area contributed by atoms with Crippen molar-refractivity contribution in [1.82, 2.24) is 5.32 Å². The van der Waals surface area contributed by atoms with E-state index in [0.29, 0.717) is 11.4 Å². The molecule has 1 aromatic carbocycles. The summed E-state index contributed by atoms with van der Waals surface area (Å²) in [4.78, 5) is 10.7. The van der Waals surface area contributed by atoms with E-state index in [2.05, 4.69) is 15.5 Å². The van der Waals surface area contributed by atoms with Gasteiger partial charge in [0.15, 0.2) is 6.26 Å². The summed E-state index contributed by atoms with van der Waals surface area (Å²) in [5.74, 6) is 0.0886. The van der Waals surface area contributed by atoms with Crippen LogP contribution in [-0.4, -0.2) is 22.3 Å². The van der Waals surface area contributed by atoms with Gasteiger partial charge in [-0.2, -0.15) is 5.11 Å². The second kappa shape index (κ2) is 7.12. The number of azo groups is 1. The number of hydrogen-bond acceptors (Lipinski definition) is 7. The van der Waals surface area contributed by atoms with Gasteiger partial charge in [-0.15, -0.1) is 5.11 Å². The summed E-state index contributed by atoms with van der Waals surface area (Å²) in [6.45, 7) is 0. The first-order valence-electron chi connectivity index (χ1n) is 7.80. The molecule has 0 radical (unpaired) electrons. The molecule has 1 aliphatic carbocycles. The lowest BCUT2D eigenvalue weighted by Crippen LogP contribution is -2.30. The van der Waals surface area contributed by atoms with Gasteiger partial charge in [0.2, 0.25) is 6.23 Å². The minimum Gasteiger partial charge on any atom is -0.508 e. The number of aromatic hydroxyl groups is 1. The van der Waals surface area contributed by atoms with Gasteiger partial charge < -0.3 is 15.2 Å². The molecular weight excluding hydrogens is 312 g/mol. The Morgan fingerprint density at radius 1 is 1.33 bits per heavy atom. The van der Waals surface area contributed by atoms with Gasteiger partial charge in [0.05, 0.1) is 10.6 Å². The van der Waals surface area contributed by atoms with Crippen molar-refractivity contribution in [3.63, 3.8) is 0 Å². The number of phenolic OH excluding ortho intramolecular Hbond substituents is 1. The van der Waals surface area contributed by atoms with E-state index >= 15 is 0 Å². The molecule has 3 rings (SSSR count). The third kappa shape index (κ3) is 3.89. The van der Waals surface area contributed by atoms with Gasteiger partial charge in [0.25, 0.3) is 0 Å². The standard InChI is InChI=1S/C16H18N4O4/c21-13-7-3-6-12(8-13)18-19-16-9-14(15(10-24-16)20(22)23)17-11-4-1-2-5-11/h3,6-11,16-17,21H,1-2,4-5H2. The van der Waals surface area contributed by atoms with Crippen LogP contribution in [0.5, 0.6) is 5.75 Å². The maximum Gasteiger partial charge on any atom is 0.326 e. The van der Waals surface area contributed by atoms with Crippen LogP contribution in [0.15, 0.2) is 58.2 Å². The minimum atomic E-state index is -0.750. The molecule has 1 unspecified atom stereocenters. The average Bonchev–Trinajstić information content (AvgIpc) is 3.06. The normalized spacial score (nSPS) is 21.2. The third-order valence-electron chi connectivity index (χ3n) is 3.93. The molecule has 2 N–H and O–H groups in total. The second-order valence-corrected chi connectivity index (χ2v) is 5.73. The Balaban J connectivity index is 1.74. The van der Waals surface area contributed by atoms with Gasteiger partial charge in [0.1, 0.15) is 11.4 Å². The fourth-order valence-electron chi connectivity index (χ4n) is 2.76. The Bertz CT molecular complexity index is 708. The molecule has 0 amide bonds. The Labute approximate surface area is 138 Å². The summed E-state index contributed by atoms with van der Waals surface area (Å²) in [6.07, 6.45) is 6.16. The van der Waals surface area contributed by atoms with Crippen molar-refractivity contribution in [3.8, 4) is 5.75 Å². The number of nitro groups is 1. The van der Waals surface area contributed by atoms with E-state index in [1.807, 2.05) is 0 Å². The Morgan fingerprint density at radius 3 is 2.83 bits per heavy atom. The summed E-state index contributed by atoms with van der Waals surface area (Å²) in [5.41, 5.74) is 0.782. The average molecular weight is 330 g/mol. The SMILES string of the molecule is O=[N+]([O-])C1=COC(N=Nc2cccc(O)c2)C=C1NC1CCCC1. The first kappa shape index (κ1) is 16.0. The topological polar surface area (TPSA) is 109 Å². The molecule has 0 aromatic heterocycles. The summed E-state index contributed by atoms with van der Waals surface area (Å²) >= 11 is 0. The minimum absolute atomic E-state index is 0.0886. The predicted molar refractivity (Wildman–Crippen MR) is 86.0 cm³/mol. The first-order valence-corrected chi connectivity index (χ1v) is 7.80. The molecule has 1 aromatic rings. The molecule has 0 spiro atoms. The van der Waals surface area contributed by atoms with Crippen LogP contribution in [0.25, 0.3) is 0 Å². The van der Waals surface area contributed by atoms with E-state index in [1.54, 1.807) is 18.2 Å². The van der Waals surface area contributed by atoms with Crippen molar-refractivity contribution in [1.29, 1.82) is 0 Å². The first-order chi connectivity index (χ1) is 11.6. The van der Waals surface area contributed by atoms with Crippen LogP contribution in [-0.2, 0) is 4.74 Å². The summed E-state index contributed by atoms with van der Waals surface area (Å²) in [6, 6.07) is 6.57. The van der Waals surface area contributed by atoms with E-state index in [4.69, 9.17) is 4.74 Å². The number of benzene rings is 1. The van der Waals surface area contributed by atoms with Gasteiger partial charge in [-0.1, -0.05) is 18.9 Å². The van der Waals surface area contributed by atoms with Gasteiger partial charge >= 0.3 is 5.70 Å². The van der Waals surface area contributed by atoms with Crippen molar-refractivity contribution in [3.05, 3.63) is 58.1 Å². The lowest BCUT2D eigenvalue weighted by molar-refractivity contribution is -0.424. The third-order valence-corrected chi connectivity index (χ3v) is 3.93. The van der Waals surface area contributed by atoms with Gasteiger partial charge in [-0.3, -0.25) is 10.1 Å². The highest BCUT2D eigenvalue weighted by Crippen LogP contribution is 2.25. The fourth-order valence-corrected chi connectivity index (χ4v) is 2.76. The smallest absolute Gasteiger partial charge is 0.326 e. The molecule has 1 atom stereocenters. The lowest BCUT2D eigenvalue weighted by atomic mass is 10.2. The van der Waals surface area contributed by atoms with Crippen molar-refractivity contribution in [2.45, 2.75) is 38.0 Å². The van der Waals surface area contributed by atoms with Crippen molar-refractivity contribution in [2.24, 2.45) is 10.2 Å². The molecule has 8 nitrogen and oxygen atoms in total. The highest BCUT2D eigenvalue weighted by atomic mass is 16.6. The van der Waals surface area contributed by atoms with Crippen LogP contribution in [0.3, 0.4) is 0 Å². The van der Waals surface area contributed by atoms with E-state index in [-0.39, 0.29) is 17.5 Å². The number of nitrogens with zero attached hydrogens (tertiary/aromatic N) is 3. The van der Waals surface area contributed by atoms with Crippen molar-refractivity contribution in [2.75, 3.05) is 0 Å². The molecule has 126 valence electrons. The zero-order valence-electron chi connectivity index (χ0n) is 13.0. The molecule has 0 saturated heterocycles. The molecular formula is C16H18N4O4. The van der Waals surface area contributed by atoms with Gasteiger partial charge in [-0.25, -0.2) is 0 Å². The van der Waals surface area contributed by atoms with E-state index in [0.717, 1.165) is 31.9 Å². The van der Waals surface area contributed by atoms with E-state index in [9.17, 15) is 15.2 Å². The number of phenols is 1. The Hall–Kier alpha value is -2.90. The van der Waals surface area contributed by atoms with E-state index in [1.165, 1.54) is 12.1 Å². The molecule has 1 heterocycles. The number of nitrogens with one attached hydrogen (secondary N) is 1. The maximum absolute atomic E-state index is 11.2. The summed E-state index contributed by atoms with van der Waals surface area (Å²) < 4.78 is 5.26. The Morgan fingerprint density at radius 2 is 2.12 bits per heavy atom. The lowest BCUT2D eigenvalue weighted by Gasteiger charge is -2.19. The number of hydrogen-bond donors (Lipinski definition) is 2. The monoisotopic (exact) mass is 330 g/mol. The Kier molecular flexibility index (Phi) is 4.74. The van der Waals surface area contributed by atoms with Crippen molar-refractivity contribution >= 4 is 5.69 Å². The quantitative estimate of drug-likeness (QED) is 0.489. The predicted octanol–water partition coefficient (Wildman–Crippen LogP) is 3.37. The molecule has 1 saturated carbocycles. The fraction of sp³-hybridized carbons (Fsp3) is 0.375. The molecule has 24 heavy (non-hydrogen) atoms. The van der Waals surface area contributed by atoms with Gasteiger partial charge in [0, 0.05) is 18.2 Å². The van der Waals surface area contributed by atoms with Gasteiger partial charge in [-0.05, 0) is 25.0 Å². The van der Waals surface area contributed by atoms with Crippen molar-refractivity contribution < 1.29 is 14.8 Å². The molecule has 0 bridgehead atoms. The van der Waals surface area contributed by atoms with Crippen LogP contribution < -0.4 is 5.32 Å². The highest BCUT2D eigenvalue weighted by Gasteiger charge is 2.28. The maximum atomic E-state index is 11.2. The van der Waals surface area contributed by atoms with Crippen LogP contribution in [0.1, 0.15) is 25.7 Å². The van der Waals surface area contributed by atoms with E-state index < -0.39 is 11.2 Å². The number of rotatable bonds is 5. The molecule has 8 heteroatoms. The second-order valence-electron chi connectivity index (χ2n) is 5.73. The number of ether oxygens (including phenoxy) is 1. The van der Waals surface area contributed by atoms with Crippen LogP contribution in [0.4, 0.5) is 5.69 Å². The summed E-state index contributed by atoms with van der Waals surface area (Å²) in [5, 5.41) is 31.8.